The molecule has 1 aromatic carbocycles. The minimum atomic E-state index is -3.23. The number of amides is 1. The number of sulfone groups is 1. The molecule has 134 valence electrons. The summed E-state index contributed by atoms with van der Waals surface area (Å²) in [5.74, 6) is -0.0297. The van der Waals surface area contributed by atoms with Crippen LogP contribution in [0.5, 0.6) is 0 Å². The molecule has 5 nitrogen and oxygen atoms in total. The van der Waals surface area contributed by atoms with Crippen LogP contribution in [-0.2, 0) is 16.3 Å². The Morgan fingerprint density at radius 3 is 2.32 bits per heavy atom. The first-order valence-electron chi connectivity index (χ1n) is 8.27. The predicted molar refractivity (Wildman–Crippen MR) is 99.9 cm³/mol. The average Bonchev–Trinajstić information content (AvgIpc) is 3.13. The lowest BCUT2D eigenvalue weighted by molar-refractivity contribution is 0.0638. The number of hydrogen-bond donors (Lipinski definition) is 0. The van der Waals surface area contributed by atoms with Crippen LogP contribution < -0.4 is 0 Å². The highest BCUT2D eigenvalue weighted by atomic mass is 32.2. The van der Waals surface area contributed by atoms with Crippen LogP contribution in [0.3, 0.4) is 0 Å². The molecule has 0 bridgehead atoms. The molecule has 0 radical (unpaired) electrons. The zero-order valence-corrected chi connectivity index (χ0v) is 15.9. The Morgan fingerprint density at radius 1 is 1.08 bits per heavy atom. The second-order valence-corrected chi connectivity index (χ2v) is 9.31. The zero-order chi connectivity index (χ0) is 17.9. The van der Waals surface area contributed by atoms with Crippen molar-refractivity contribution in [2.45, 2.75) is 11.3 Å². The van der Waals surface area contributed by atoms with Crippen molar-refractivity contribution in [2.24, 2.45) is 0 Å². The van der Waals surface area contributed by atoms with Crippen molar-refractivity contribution in [3.63, 3.8) is 0 Å². The van der Waals surface area contributed by atoms with Gasteiger partial charge in [-0.15, -0.1) is 11.3 Å². The Labute approximate surface area is 152 Å². The number of rotatable bonds is 5. The summed E-state index contributed by atoms with van der Waals surface area (Å²) in [6, 6.07) is 10.4. The Hall–Kier alpha value is -1.70. The maximum Gasteiger partial charge on any atom is 0.253 e. The number of benzene rings is 1. The summed E-state index contributed by atoms with van der Waals surface area (Å²) in [4.78, 5) is 18.4. The Bertz CT molecular complexity index is 807. The smallest absolute Gasteiger partial charge is 0.253 e. The van der Waals surface area contributed by atoms with E-state index in [0.717, 1.165) is 26.1 Å². The minimum absolute atomic E-state index is 0.0297. The van der Waals surface area contributed by atoms with Crippen LogP contribution in [0.4, 0.5) is 0 Å². The van der Waals surface area contributed by atoms with Gasteiger partial charge in [0.2, 0.25) is 0 Å². The Kier molecular flexibility index (Phi) is 5.56. The van der Waals surface area contributed by atoms with E-state index in [0.29, 0.717) is 18.7 Å². The van der Waals surface area contributed by atoms with Gasteiger partial charge in [0, 0.05) is 49.4 Å². The highest BCUT2D eigenvalue weighted by Gasteiger charge is 2.22. The van der Waals surface area contributed by atoms with Crippen molar-refractivity contribution in [1.29, 1.82) is 0 Å². The van der Waals surface area contributed by atoms with Gasteiger partial charge in [0.05, 0.1) is 4.90 Å². The van der Waals surface area contributed by atoms with Gasteiger partial charge in [-0.1, -0.05) is 6.07 Å². The highest BCUT2D eigenvalue weighted by Crippen LogP contribution is 2.14. The van der Waals surface area contributed by atoms with Crippen molar-refractivity contribution in [3.8, 4) is 0 Å². The monoisotopic (exact) mass is 378 g/mol. The van der Waals surface area contributed by atoms with E-state index in [1.54, 1.807) is 23.5 Å². The standard InChI is InChI=1S/C18H22N2O3S2/c1-25(22,23)17-6-4-15(5-7-17)18(21)20-12-10-19(11-13-20)9-8-16-3-2-14-24-16/h2-7,14H,8-13H2,1H3. The summed E-state index contributed by atoms with van der Waals surface area (Å²) in [7, 11) is -3.23. The van der Waals surface area contributed by atoms with Gasteiger partial charge in [-0.05, 0) is 42.1 Å². The van der Waals surface area contributed by atoms with E-state index in [1.807, 2.05) is 4.90 Å². The molecule has 1 saturated heterocycles. The van der Waals surface area contributed by atoms with E-state index in [4.69, 9.17) is 0 Å². The fourth-order valence-electron chi connectivity index (χ4n) is 2.92. The molecular weight excluding hydrogens is 356 g/mol. The summed E-state index contributed by atoms with van der Waals surface area (Å²) < 4.78 is 23.0. The summed E-state index contributed by atoms with van der Waals surface area (Å²) in [5, 5.41) is 2.10. The number of hydrogen-bond acceptors (Lipinski definition) is 5. The second-order valence-electron chi connectivity index (χ2n) is 6.26. The SMILES string of the molecule is CS(=O)(=O)c1ccc(C(=O)N2CCN(CCc3cccs3)CC2)cc1. The molecule has 2 heterocycles. The first-order chi connectivity index (χ1) is 11.9. The van der Waals surface area contributed by atoms with Crippen LogP contribution in [0.1, 0.15) is 15.2 Å². The normalized spacial score (nSPS) is 16.1. The molecular formula is C18H22N2O3S2. The fraction of sp³-hybridized carbons (Fsp3) is 0.389. The average molecular weight is 379 g/mol. The molecule has 3 rings (SSSR count). The van der Waals surface area contributed by atoms with Crippen molar-refractivity contribution < 1.29 is 13.2 Å². The van der Waals surface area contributed by atoms with Crippen LogP contribution in [0.2, 0.25) is 0 Å². The molecule has 1 amide bonds. The van der Waals surface area contributed by atoms with E-state index in [-0.39, 0.29) is 10.8 Å². The molecule has 1 aliphatic heterocycles. The van der Waals surface area contributed by atoms with Crippen LogP contribution in [0, 0.1) is 0 Å². The number of piperazine rings is 1. The maximum atomic E-state index is 12.6. The van der Waals surface area contributed by atoms with Crippen LogP contribution >= 0.6 is 11.3 Å². The molecule has 25 heavy (non-hydrogen) atoms. The highest BCUT2D eigenvalue weighted by molar-refractivity contribution is 7.90. The van der Waals surface area contributed by atoms with Gasteiger partial charge >= 0.3 is 0 Å². The van der Waals surface area contributed by atoms with Gasteiger partial charge in [0.1, 0.15) is 0 Å². The van der Waals surface area contributed by atoms with Crippen LogP contribution in [-0.4, -0.2) is 63.1 Å². The first-order valence-corrected chi connectivity index (χ1v) is 11.0. The molecule has 2 aromatic rings. The zero-order valence-electron chi connectivity index (χ0n) is 14.2. The van der Waals surface area contributed by atoms with Gasteiger partial charge in [0.25, 0.3) is 5.91 Å². The van der Waals surface area contributed by atoms with E-state index >= 15 is 0 Å². The third-order valence-corrected chi connectivity index (χ3v) is 6.51. The number of carbonyl (C=O) groups excluding carboxylic acids is 1. The molecule has 7 heteroatoms. The van der Waals surface area contributed by atoms with Gasteiger partial charge in [-0.3, -0.25) is 9.69 Å². The molecule has 0 unspecified atom stereocenters. The molecule has 1 fully saturated rings. The van der Waals surface area contributed by atoms with Crippen molar-refractivity contribution in [3.05, 3.63) is 52.2 Å². The van der Waals surface area contributed by atoms with Gasteiger partial charge in [-0.25, -0.2) is 8.42 Å². The van der Waals surface area contributed by atoms with Crippen molar-refractivity contribution >= 4 is 27.1 Å². The fourth-order valence-corrected chi connectivity index (χ4v) is 4.25. The predicted octanol–water partition coefficient (Wildman–Crippen LogP) is 2.15. The van der Waals surface area contributed by atoms with Gasteiger partial charge in [-0.2, -0.15) is 0 Å². The second kappa shape index (κ2) is 7.68. The lowest BCUT2D eigenvalue weighted by atomic mass is 10.2. The Balaban J connectivity index is 1.52. The van der Waals surface area contributed by atoms with Crippen LogP contribution in [0.25, 0.3) is 0 Å². The largest absolute Gasteiger partial charge is 0.336 e. The maximum absolute atomic E-state index is 12.6. The number of nitrogens with zero attached hydrogens (tertiary/aromatic N) is 2. The lowest BCUT2D eigenvalue weighted by Crippen LogP contribution is -2.49. The topological polar surface area (TPSA) is 57.7 Å². The van der Waals surface area contributed by atoms with Crippen molar-refractivity contribution in [2.75, 3.05) is 39.0 Å². The van der Waals surface area contributed by atoms with E-state index in [2.05, 4.69) is 22.4 Å². The van der Waals surface area contributed by atoms with E-state index in [9.17, 15) is 13.2 Å². The summed E-state index contributed by atoms with van der Waals surface area (Å²) in [6.45, 7) is 4.18. The molecule has 0 saturated carbocycles. The minimum Gasteiger partial charge on any atom is -0.336 e. The summed E-state index contributed by atoms with van der Waals surface area (Å²) in [5.41, 5.74) is 0.541. The van der Waals surface area contributed by atoms with Crippen molar-refractivity contribution in [1.82, 2.24) is 9.80 Å². The first kappa shape index (κ1) is 18.1. The number of carbonyl (C=O) groups is 1. The van der Waals surface area contributed by atoms with Crippen LogP contribution in [0.15, 0.2) is 46.7 Å². The molecule has 1 aliphatic rings. The van der Waals surface area contributed by atoms with E-state index in [1.165, 1.54) is 23.3 Å². The summed E-state index contributed by atoms with van der Waals surface area (Å²) >= 11 is 1.78. The summed E-state index contributed by atoms with van der Waals surface area (Å²) in [6.07, 6.45) is 2.22. The third kappa shape index (κ3) is 4.68. The Morgan fingerprint density at radius 2 is 1.76 bits per heavy atom. The molecule has 0 atom stereocenters. The van der Waals surface area contributed by atoms with Gasteiger partial charge in [0.15, 0.2) is 9.84 Å². The molecule has 0 aliphatic carbocycles. The molecule has 0 N–H and O–H groups in total. The molecule has 0 spiro atoms. The third-order valence-electron chi connectivity index (χ3n) is 4.44. The number of thiophene rings is 1. The quantitative estimate of drug-likeness (QED) is 0.800. The van der Waals surface area contributed by atoms with Gasteiger partial charge < -0.3 is 4.90 Å². The van der Waals surface area contributed by atoms with E-state index < -0.39 is 9.84 Å². The lowest BCUT2D eigenvalue weighted by Gasteiger charge is -2.34. The molecule has 1 aromatic heterocycles.